The van der Waals surface area contributed by atoms with Crippen molar-refractivity contribution in [3.8, 4) is 16.9 Å². The van der Waals surface area contributed by atoms with Crippen molar-refractivity contribution in [2.45, 2.75) is 51.6 Å². The maximum Gasteiger partial charge on any atom is 0.333 e. The maximum absolute atomic E-state index is 14.9. The topological polar surface area (TPSA) is 55.8 Å². The Morgan fingerprint density at radius 3 is 2.57 bits per heavy atom. The Bertz CT molecular complexity index is 900. The van der Waals surface area contributed by atoms with Gasteiger partial charge in [0.25, 0.3) is 0 Å². The van der Waals surface area contributed by atoms with Gasteiger partial charge in [-0.2, -0.15) is 0 Å². The molecule has 0 atom stereocenters. The summed E-state index contributed by atoms with van der Waals surface area (Å²) in [6.45, 7) is 5.08. The number of carbonyl (C=O) groups excluding carboxylic acids is 1. The van der Waals surface area contributed by atoms with Gasteiger partial charge in [-0.25, -0.2) is 9.18 Å². The normalized spacial score (nSPS) is 14.4. The largest absolute Gasteiger partial charge is 0.490 e. The molecular weight excluding hydrogens is 383 g/mol. The highest BCUT2D eigenvalue weighted by molar-refractivity contribution is 5.86. The van der Waals surface area contributed by atoms with Crippen molar-refractivity contribution in [1.29, 1.82) is 0 Å². The highest BCUT2D eigenvalue weighted by atomic mass is 19.1. The number of benzene rings is 2. The third kappa shape index (κ3) is 5.48. The van der Waals surface area contributed by atoms with E-state index in [1.165, 1.54) is 19.3 Å². The molecule has 1 aliphatic carbocycles. The average molecular weight is 413 g/mol. The molecule has 1 N–H and O–H groups in total. The zero-order chi connectivity index (χ0) is 21.5. The van der Waals surface area contributed by atoms with E-state index in [9.17, 15) is 14.3 Å². The van der Waals surface area contributed by atoms with E-state index in [4.69, 9.17) is 9.47 Å². The van der Waals surface area contributed by atoms with Gasteiger partial charge in [-0.05, 0) is 48.9 Å². The number of halogens is 1. The third-order valence-corrected chi connectivity index (χ3v) is 5.54. The first kappa shape index (κ1) is 22.0. The third-order valence-electron chi connectivity index (χ3n) is 5.54. The van der Waals surface area contributed by atoms with Gasteiger partial charge in [-0.3, -0.25) is 0 Å². The molecule has 0 radical (unpaired) electrons. The van der Waals surface area contributed by atoms with Crippen LogP contribution < -0.4 is 4.74 Å². The summed E-state index contributed by atoms with van der Waals surface area (Å²) in [6, 6.07) is 10.7. The van der Waals surface area contributed by atoms with E-state index in [1.54, 1.807) is 31.2 Å². The van der Waals surface area contributed by atoms with Crippen molar-refractivity contribution in [3.05, 3.63) is 65.5 Å². The summed E-state index contributed by atoms with van der Waals surface area (Å²) in [7, 11) is 0. The summed E-state index contributed by atoms with van der Waals surface area (Å²) in [6.07, 6.45) is 5.93. The van der Waals surface area contributed by atoms with Gasteiger partial charge in [-0.1, -0.05) is 50.1 Å². The molecule has 1 aliphatic rings. The molecule has 0 bridgehead atoms. The highest BCUT2D eigenvalue weighted by Gasteiger charge is 2.18. The monoisotopic (exact) mass is 412 g/mol. The molecule has 30 heavy (non-hydrogen) atoms. The van der Waals surface area contributed by atoms with Crippen LogP contribution in [0.15, 0.2) is 48.6 Å². The van der Waals surface area contributed by atoms with Crippen molar-refractivity contribution < 1.29 is 23.8 Å². The van der Waals surface area contributed by atoms with Crippen LogP contribution in [0.5, 0.6) is 5.75 Å². The summed E-state index contributed by atoms with van der Waals surface area (Å²) in [5.74, 6) is 0.156. The van der Waals surface area contributed by atoms with E-state index >= 15 is 0 Å². The molecule has 1 saturated carbocycles. The number of esters is 1. The van der Waals surface area contributed by atoms with Crippen molar-refractivity contribution in [2.24, 2.45) is 0 Å². The summed E-state index contributed by atoms with van der Waals surface area (Å²) in [5.41, 5.74) is 3.15. The van der Waals surface area contributed by atoms with Gasteiger partial charge >= 0.3 is 5.97 Å². The fourth-order valence-corrected chi connectivity index (χ4v) is 3.85. The first-order valence-corrected chi connectivity index (χ1v) is 10.5. The van der Waals surface area contributed by atoms with Crippen LogP contribution in [-0.2, 0) is 16.1 Å². The number of aliphatic hydroxyl groups is 1. The van der Waals surface area contributed by atoms with Crippen LogP contribution in [0.4, 0.5) is 4.39 Å². The Morgan fingerprint density at radius 1 is 1.13 bits per heavy atom. The fourth-order valence-electron chi connectivity index (χ4n) is 3.85. The molecule has 160 valence electrons. The molecule has 5 heteroatoms. The molecule has 1 fully saturated rings. The Labute approximate surface area is 177 Å². The SMILES string of the molecule is C=C(C)C(=O)OCCOc1cc(-c2ccc(C3CCCCC3)cc2F)ccc1CO. The number of hydrogen-bond acceptors (Lipinski definition) is 4. The number of ether oxygens (including phenoxy) is 2. The van der Waals surface area contributed by atoms with Gasteiger partial charge in [-0.15, -0.1) is 0 Å². The molecule has 0 heterocycles. The highest BCUT2D eigenvalue weighted by Crippen LogP contribution is 2.35. The summed E-state index contributed by atoms with van der Waals surface area (Å²) in [5, 5.41) is 9.58. The molecule has 2 aromatic rings. The Kier molecular flexibility index (Phi) is 7.63. The zero-order valence-corrected chi connectivity index (χ0v) is 17.5. The Hall–Kier alpha value is -2.66. The van der Waals surface area contributed by atoms with Crippen LogP contribution in [0.2, 0.25) is 0 Å². The van der Waals surface area contributed by atoms with Crippen LogP contribution in [0, 0.1) is 5.82 Å². The lowest BCUT2D eigenvalue weighted by Crippen LogP contribution is -2.13. The molecule has 0 unspecified atom stereocenters. The van der Waals surface area contributed by atoms with Gasteiger partial charge in [0.1, 0.15) is 24.8 Å². The molecule has 0 aromatic heterocycles. The minimum absolute atomic E-state index is 0.0608. The Balaban J connectivity index is 1.73. The van der Waals surface area contributed by atoms with E-state index in [1.807, 2.05) is 12.1 Å². The summed E-state index contributed by atoms with van der Waals surface area (Å²) in [4.78, 5) is 11.4. The smallest absolute Gasteiger partial charge is 0.333 e. The quantitative estimate of drug-likeness (QED) is 0.352. The predicted molar refractivity (Wildman–Crippen MR) is 115 cm³/mol. The maximum atomic E-state index is 14.9. The average Bonchev–Trinajstić information content (AvgIpc) is 2.77. The second-order valence-electron chi connectivity index (χ2n) is 7.82. The van der Waals surface area contributed by atoms with E-state index in [-0.39, 0.29) is 25.6 Å². The standard InChI is InChI=1S/C25H29FO4/c1-17(2)25(28)30-13-12-29-24-15-20(8-9-21(24)16-27)22-11-10-19(14-23(22)26)18-6-4-3-5-7-18/h8-11,14-15,18,27H,1,3-7,12-13,16H2,2H3. The van der Waals surface area contributed by atoms with E-state index in [0.29, 0.717) is 33.9 Å². The molecule has 0 amide bonds. The summed E-state index contributed by atoms with van der Waals surface area (Å²) < 4.78 is 25.6. The minimum Gasteiger partial charge on any atom is -0.490 e. The number of rotatable bonds is 8. The van der Waals surface area contributed by atoms with Crippen LogP contribution >= 0.6 is 0 Å². The second kappa shape index (κ2) is 10.4. The first-order chi connectivity index (χ1) is 14.5. The van der Waals surface area contributed by atoms with Crippen molar-refractivity contribution in [3.63, 3.8) is 0 Å². The lowest BCUT2D eigenvalue weighted by molar-refractivity contribution is -0.139. The van der Waals surface area contributed by atoms with E-state index < -0.39 is 5.97 Å². The van der Waals surface area contributed by atoms with Crippen LogP contribution in [0.25, 0.3) is 11.1 Å². The molecule has 0 aliphatic heterocycles. The van der Waals surface area contributed by atoms with Gasteiger partial charge in [0.2, 0.25) is 0 Å². The lowest BCUT2D eigenvalue weighted by Gasteiger charge is -2.22. The van der Waals surface area contributed by atoms with Gasteiger partial charge in [0, 0.05) is 16.7 Å². The van der Waals surface area contributed by atoms with Crippen LogP contribution in [0.1, 0.15) is 56.1 Å². The van der Waals surface area contributed by atoms with E-state index in [2.05, 4.69) is 6.58 Å². The molecule has 3 rings (SSSR count). The predicted octanol–water partition coefficient (Wildman–Crippen LogP) is 5.53. The number of aliphatic hydroxyl groups excluding tert-OH is 1. The summed E-state index contributed by atoms with van der Waals surface area (Å²) >= 11 is 0. The lowest BCUT2D eigenvalue weighted by atomic mass is 9.83. The molecular formula is C25H29FO4. The molecule has 0 saturated heterocycles. The Morgan fingerprint density at radius 2 is 1.90 bits per heavy atom. The first-order valence-electron chi connectivity index (χ1n) is 10.5. The van der Waals surface area contributed by atoms with Crippen molar-refractivity contribution in [1.82, 2.24) is 0 Å². The van der Waals surface area contributed by atoms with E-state index in [0.717, 1.165) is 18.4 Å². The van der Waals surface area contributed by atoms with Crippen molar-refractivity contribution in [2.75, 3.05) is 13.2 Å². The zero-order valence-electron chi connectivity index (χ0n) is 17.5. The van der Waals surface area contributed by atoms with Crippen LogP contribution in [-0.4, -0.2) is 24.3 Å². The molecule has 4 nitrogen and oxygen atoms in total. The molecule has 2 aromatic carbocycles. The fraction of sp³-hybridized carbons (Fsp3) is 0.400. The number of hydrogen-bond donors (Lipinski definition) is 1. The molecule has 0 spiro atoms. The second-order valence-corrected chi connectivity index (χ2v) is 7.82. The van der Waals surface area contributed by atoms with Gasteiger partial charge < -0.3 is 14.6 Å². The minimum atomic E-state index is -0.477. The number of carbonyl (C=O) groups is 1. The van der Waals surface area contributed by atoms with Crippen LogP contribution in [0.3, 0.4) is 0 Å². The van der Waals surface area contributed by atoms with Gasteiger partial charge in [0.05, 0.1) is 6.61 Å². The van der Waals surface area contributed by atoms with Crippen molar-refractivity contribution >= 4 is 5.97 Å². The van der Waals surface area contributed by atoms with Gasteiger partial charge in [0.15, 0.2) is 0 Å².